The number of benzene rings is 2. The predicted octanol–water partition coefficient (Wildman–Crippen LogP) is 3.52. The van der Waals surface area contributed by atoms with E-state index < -0.39 is 0 Å². The van der Waals surface area contributed by atoms with E-state index in [1.165, 1.54) is 6.21 Å². The highest BCUT2D eigenvalue weighted by Gasteiger charge is 2.10. The number of carbonyl (C=O) groups excluding carboxylic acids is 1. The Morgan fingerprint density at radius 2 is 1.84 bits per heavy atom. The third kappa shape index (κ3) is 4.87. The summed E-state index contributed by atoms with van der Waals surface area (Å²) in [5.74, 6) is 1.28. The van der Waals surface area contributed by atoms with Crippen molar-refractivity contribution in [2.24, 2.45) is 5.10 Å². The van der Waals surface area contributed by atoms with Crippen LogP contribution in [0.5, 0.6) is 17.2 Å². The number of nitrogens with one attached hydrogen (secondary N) is 1. The number of methoxy groups -OCH3 is 2. The van der Waals surface area contributed by atoms with Crippen molar-refractivity contribution in [3.8, 4) is 17.2 Å². The molecule has 0 aliphatic heterocycles. The summed E-state index contributed by atoms with van der Waals surface area (Å²) in [5, 5.41) is 4.40. The second-order valence-electron chi connectivity index (χ2n) is 4.89. The minimum absolute atomic E-state index is 0.362. The number of amides is 1. The summed E-state index contributed by atoms with van der Waals surface area (Å²) in [6.45, 7) is 2.33. The molecule has 0 aromatic heterocycles. The molecule has 25 heavy (non-hydrogen) atoms. The Balaban J connectivity index is 2.07. The molecule has 0 fully saturated rings. The van der Waals surface area contributed by atoms with Crippen molar-refractivity contribution in [1.82, 2.24) is 5.43 Å². The summed E-state index contributed by atoms with van der Waals surface area (Å²) in [5.41, 5.74) is 3.61. The van der Waals surface area contributed by atoms with E-state index in [0.717, 1.165) is 5.56 Å². The van der Waals surface area contributed by atoms with Gasteiger partial charge in [0.15, 0.2) is 11.5 Å². The molecule has 0 heterocycles. The highest BCUT2D eigenvalue weighted by molar-refractivity contribution is 6.32. The van der Waals surface area contributed by atoms with Crippen LogP contribution in [0, 0.1) is 0 Å². The molecule has 0 saturated heterocycles. The van der Waals surface area contributed by atoms with Crippen molar-refractivity contribution in [1.29, 1.82) is 0 Å². The number of ether oxygens (including phenoxy) is 3. The van der Waals surface area contributed by atoms with E-state index in [2.05, 4.69) is 10.5 Å². The minimum atomic E-state index is -0.362. The van der Waals surface area contributed by atoms with Gasteiger partial charge in [-0.3, -0.25) is 4.79 Å². The molecule has 0 aliphatic rings. The summed E-state index contributed by atoms with van der Waals surface area (Å²) in [7, 11) is 3.09. The minimum Gasteiger partial charge on any atom is -0.495 e. The van der Waals surface area contributed by atoms with Gasteiger partial charge in [0.2, 0.25) is 0 Å². The molecule has 2 aromatic rings. The maximum absolute atomic E-state index is 12.2. The van der Waals surface area contributed by atoms with Crippen LogP contribution in [0.4, 0.5) is 0 Å². The van der Waals surface area contributed by atoms with E-state index in [1.807, 2.05) is 6.92 Å². The molecule has 0 radical (unpaired) electrons. The second-order valence-corrected chi connectivity index (χ2v) is 5.30. The fraction of sp³-hybridized carbons (Fsp3) is 0.222. The Kier molecular flexibility index (Phi) is 6.65. The van der Waals surface area contributed by atoms with Gasteiger partial charge in [0.05, 0.1) is 32.1 Å². The van der Waals surface area contributed by atoms with E-state index in [1.54, 1.807) is 50.6 Å². The van der Waals surface area contributed by atoms with Crippen LogP contribution in [0.15, 0.2) is 41.5 Å². The van der Waals surface area contributed by atoms with Crippen LogP contribution in [0.2, 0.25) is 5.02 Å². The quantitative estimate of drug-likeness (QED) is 0.604. The molecular weight excluding hydrogens is 344 g/mol. The molecule has 0 spiro atoms. The topological polar surface area (TPSA) is 69.2 Å². The summed E-state index contributed by atoms with van der Waals surface area (Å²) < 4.78 is 15.7. The van der Waals surface area contributed by atoms with E-state index in [9.17, 15) is 4.79 Å². The average Bonchev–Trinajstić information content (AvgIpc) is 2.62. The van der Waals surface area contributed by atoms with Crippen molar-refractivity contribution in [3.05, 3.63) is 52.5 Å². The van der Waals surface area contributed by atoms with Gasteiger partial charge in [-0.05, 0) is 48.9 Å². The van der Waals surface area contributed by atoms with Crippen molar-refractivity contribution in [2.75, 3.05) is 20.8 Å². The Bertz CT molecular complexity index is 778. The zero-order valence-electron chi connectivity index (χ0n) is 14.2. The number of nitrogens with zero attached hydrogens (tertiary/aromatic N) is 1. The number of carbonyl (C=O) groups is 1. The lowest BCUT2D eigenvalue weighted by Crippen LogP contribution is -2.17. The van der Waals surface area contributed by atoms with Crippen LogP contribution in [-0.2, 0) is 0 Å². The lowest BCUT2D eigenvalue weighted by Gasteiger charge is -2.10. The van der Waals surface area contributed by atoms with Crippen LogP contribution in [0.3, 0.4) is 0 Å². The molecule has 0 saturated carbocycles. The van der Waals surface area contributed by atoms with Gasteiger partial charge in [0, 0.05) is 5.56 Å². The largest absolute Gasteiger partial charge is 0.495 e. The number of rotatable bonds is 7. The van der Waals surface area contributed by atoms with Crippen LogP contribution >= 0.6 is 11.6 Å². The van der Waals surface area contributed by atoms with E-state index >= 15 is 0 Å². The molecule has 1 N–H and O–H groups in total. The maximum atomic E-state index is 12.2. The molecule has 0 atom stereocenters. The zero-order valence-corrected chi connectivity index (χ0v) is 15.0. The van der Waals surface area contributed by atoms with Gasteiger partial charge >= 0.3 is 0 Å². The molecule has 0 bridgehead atoms. The fourth-order valence-corrected chi connectivity index (χ4v) is 2.35. The average molecular weight is 363 g/mol. The molecule has 2 rings (SSSR count). The van der Waals surface area contributed by atoms with Gasteiger partial charge in [0.25, 0.3) is 5.91 Å². The lowest BCUT2D eigenvalue weighted by molar-refractivity contribution is 0.0954. The van der Waals surface area contributed by atoms with Gasteiger partial charge in [0.1, 0.15) is 5.75 Å². The highest BCUT2D eigenvalue weighted by atomic mass is 35.5. The molecule has 6 nitrogen and oxygen atoms in total. The number of hydrazone groups is 1. The standard InChI is InChI=1S/C18H19ClN2O4/c1-4-25-17-10-13(6-8-16(17)24-3)18(22)21-20-11-12-5-7-15(23-2)14(19)9-12/h5-11H,4H2,1-3H3,(H,21,22)/b20-11+. The Morgan fingerprint density at radius 1 is 1.12 bits per heavy atom. The number of hydrogen-bond donors (Lipinski definition) is 1. The third-order valence-corrected chi connectivity index (χ3v) is 3.58. The van der Waals surface area contributed by atoms with Crippen LogP contribution < -0.4 is 19.6 Å². The summed E-state index contributed by atoms with van der Waals surface area (Å²) in [6, 6.07) is 10.1. The smallest absolute Gasteiger partial charge is 0.271 e. The van der Waals surface area contributed by atoms with Crippen LogP contribution in [0.1, 0.15) is 22.8 Å². The van der Waals surface area contributed by atoms with E-state index in [0.29, 0.717) is 34.4 Å². The first kappa shape index (κ1) is 18.6. The molecule has 2 aromatic carbocycles. The van der Waals surface area contributed by atoms with Gasteiger partial charge in [-0.25, -0.2) is 5.43 Å². The summed E-state index contributed by atoms with van der Waals surface area (Å²) in [6.07, 6.45) is 1.50. The van der Waals surface area contributed by atoms with Gasteiger partial charge < -0.3 is 14.2 Å². The molecule has 0 unspecified atom stereocenters. The normalized spacial score (nSPS) is 10.6. The second kappa shape index (κ2) is 8.94. The van der Waals surface area contributed by atoms with E-state index in [4.69, 9.17) is 25.8 Å². The first-order chi connectivity index (χ1) is 12.1. The Labute approximate surface area is 151 Å². The first-order valence-electron chi connectivity index (χ1n) is 7.56. The van der Waals surface area contributed by atoms with E-state index in [-0.39, 0.29) is 5.91 Å². The Morgan fingerprint density at radius 3 is 2.48 bits per heavy atom. The Hall–Kier alpha value is -2.73. The third-order valence-electron chi connectivity index (χ3n) is 3.28. The van der Waals surface area contributed by atoms with Crippen molar-refractivity contribution >= 4 is 23.7 Å². The monoisotopic (exact) mass is 362 g/mol. The van der Waals surface area contributed by atoms with Crippen molar-refractivity contribution < 1.29 is 19.0 Å². The molecule has 132 valence electrons. The SMILES string of the molecule is CCOc1cc(C(=O)N/N=C/c2ccc(OC)c(Cl)c2)ccc1OC. The van der Waals surface area contributed by atoms with Crippen LogP contribution in [0.25, 0.3) is 0 Å². The predicted molar refractivity (Wildman–Crippen MR) is 97.2 cm³/mol. The molecular formula is C18H19ClN2O4. The highest BCUT2D eigenvalue weighted by Crippen LogP contribution is 2.28. The van der Waals surface area contributed by atoms with Gasteiger partial charge in [-0.2, -0.15) is 5.10 Å². The molecule has 7 heteroatoms. The van der Waals surface area contributed by atoms with Gasteiger partial charge in [-0.15, -0.1) is 0 Å². The molecule has 0 aliphatic carbocycles. The van der Waals surface area contributed by atoms with Crippen LogP contribution in [-0.4, -0.2) is 32.9 Å². The maximum Gasteiger partial charge on any atom is 0.271 e. The summed E-state index contributed by atoms with van der Waals surface area (Å²) >= 11 is 6.04. The van der Waals surface area contributed by atoms with Crippen molar-refractivity contribution in [3.63, 3.8) is 0 Å². The zero-order chi connectivity index (χ0) is 18.2. The summed E-state index contributed by atoms with van der Waals surface area (Å²) in [4.78, 5) is 12.2. The molecule has 1 amide bonds. The number of hydrogen-bond acceptors (Lipinski definition) is 5. The number of halogens is 1. The van der Waals surface area contributed by atoms with Crippen molar-refractivity contribution in [2.45, 2.75) is 6.92 Å². The lowest BCUT2D eigenvalue weighted by atomic mass is 10.2. The first-order valence-corrected chi connectivity index (χ1v) is 7.94. The fourth-order valence-electron chi connectivity index (χ4n) is 2.08. The van der Waals surface area contributed by atoms with Gasteiger partial charge in [-0.1, -0.05) is 11.6 Å².